The van der Waals surface area contributed by atoms with Gasteiger partial charge in [-0.15, -0.1) is 22.7 Å². The summed E-state index contributed by atoms with van der Waals surface area (Å²) in [5.74, 6) is 0. The van der Waals surface area contributed by atoms with E-state index < -0.39 is 10.0 Å². The summed E-state index contributed by atoms with van der Waals surface area (Å²) in [5.41, 5.74) is 0. The third kappa shape index (κ3) is 3.00. The van der Waals surface area contributed by atoms with Gasteiger partial charge in [0.25, 0.3) is 0 Å². The van der Waals surface area contributed by atoms with Crippen LogP contribution in [0.4, 0.5) is 0 Å². The number of hydrogen-bond donors (Lipinski definition) is 1. The fourth-order valence-electron chi connectivity index (χ4n) is 1.49. The molecule has 8 heteroatoms. The molecule has 2 heterocycles. The molecule has 1 atom stereocenters. The molecule has 0 bridgehead atoms. The number of aromatic nitrogens is 1. The van der Waals surface area contributed by atoms with Crippen molar-refractivity contribution < 1.29 is 8.42 Å². The summed E-state index contributed by atoms with van der Waals surface area (Å²) in [5, 5.41) is 2.58. The number of halogens is 1. The van der Waals surface area contributed by atoms with Crippen LogP contribution in [0.15, 0.2) is 26.3 Å². The SMILES string of the molecule is Cc1sc(Br)cc1S(=O)(=O)NC(C)c1nccs1. The molecule has 18 heavy (non-hydrogen) atoms. The van der Waals surface area contributed by atoms with Crippen molar-refractivity contribution in [2.75, 3.05) is 0 Å². The van der Waals surface area contributed by atoms with Crippen molar-refractivity contribution in [3.05, 3.63) is 31.3 Å². The van der Waals surface area contributed by atoms with Crippen LogP contribution >= 0.6 is 38.6 Å². The molecule has 0 saturated carbocycles. The van der Waals surface area contributed by atoms with Gasteiger partial charge in [-0.3, -0.25) is 0 Å². The zero-order chi connectivity index (χ0) is 13.3. The molecule has 0 radical (unpaired) electrons. The number of thiazole rings is 1. The largest absolute Gasteiger partial charge is 0.248 e. The minimum absolute atomic E-state index is 0.322. The summed E-state index contributed by atoms with van der Waals surface area (Å²) in [4.78, 5) is 5.19. The third-order valence-corrected chi connectivity index (χ3v) is 6.59. The van der Waals surface area contributed by atoms with Gasteiger partial charge in [0.15, 0.2) is 0 Å². The van der Waals surface area contributed by atoms with Crippen LogP contribution in [0.5, 0.6) is 0 Å². The van der Waals surface area contributed by atoms with Crippen LogP contribution in [0.3, 0.4) is 0 Å². The van der Waals surface area contributed by atoms with Crippen LogP contribution in [0.25, 0.3) is 0 Å². The maximum absolute atomic E-state index is 12.2. The fourth-order valence-corrected chi connectivity index (χ4v) is 5.83. The average Bonchev–Trinajstić information content (AvgIpc) is 2.86. The predicted octanol–water partition coefficient (Wildman–Crippen LogP) is 3.32. The molecule has 0 amide bonds. The Balaban J connectivity index is 2.25. The monoisotopic (exact) mass is 366 g/mol. The summed E-state index contributed by atoms with van der Waals surface area (Å²) in [7, 11) is -3.50. The van der Waals surface area contributed by atoms with E-state index in [0.717, 1.165) is 13.7 Å². The molecular formula is C10H11BrN2O2S3. The number of sulfonamides is 1. The van der Waals surface area contributed by atoms with Crippen molar-refractivity contribution in [1.29, 1.82) is 0 Å². The highest BCUT2D eigenvalue weighted by Gasteiger charge is 2.23. The Bertz CT molecular complexity index is 634. The molecule has 0 fully saturated rings. The number of rotatable bonds is 4. The van der Waals surface area contributed by atoms with E-state index in [1.807, 2.05) is 5.38 Å². The van der Waals surface area contributed by atoms with E-state index in [0.29, 0.717) is 4.90 Å². The van der Waals surface area contributed by atoms with Crippen molar-refractivity contribution >= 4 is 48.6 Å². The summed E-state index contributed by atoms with van der Waals surface area (Å²) in [6, 6.07) is 1.30. The van der Waals surface area contributed by atoms with Crippen molar-refractivity contribution in [3.63, 3.8) is 0 Å². The molecule has 1 unspecified atom stereocenters. The standard InChI is InChI=1S/C10H11BrN2O2S3/c1-6(10-12-3-4-16-10)13-18(14,15)8-5-9(11)17-7(8)2/h3-6,13H,1-2H3. The lowest BCUT2D eigenvalue weighted by atomic mass is 10.4. The molecule has 4 nitrogen and oxygen atoms in total. The molecule has 1 N–H and O–H groups in total. The molecule has 0 aliphatic rings. The predicted molar refractivity (Wildman–Crippen MR) is 77.6 cm³/mol. The molecule has 2 rings (SSSR count). The van der Waals surface area contributed by atoms with Crippen molar-refractivity contribution in [3.8, 4) is 0 Å². The van der Waals surface area contributed by atoms with E-state index >= 15 is 0 Å². The van der Waals surface area contributed by atoms with Crippen molar-refractivity contribution in [1.82, 2.24) is 9.71 Å². The van der Waals surface area contributed by atoms with E-state index in [9.17, 15) is 8.42 Å². The van der Waals surface area contributed by atoms with Crippen LogP contribution in [-0.4, -0.2) is 13.4 Å². The maximum atomic E-state index is 12.2. The first-order valence-electron chi connectivity index (χ1n) is 5.08. The van der Waals surface area contributed by atoms with Gasteiger partial charge in [-0.2, -0.15) is 0 Å². The van der Waals surface area contributed by atoms with Crippen molar-refractivity contribution in [2.45, 2.75) is 24.8 Å². The van der Waals surface area contributed by atoms with E-state index in [1.54, 1.807) is 26.1 Å². The van der Waals surface area contributed by atoms with E-state index in [4.69, 9.17) is 0 Å². The molecule has 0 spiro atoms. The van der Waals surface area contributed by atoms with Gasteiger partial charge in [0.05, 0.1) is 14.7 Å². The lowest BCUT2D eigenvalue weighted by Gasteiger charge is -2.11. The summed E-state index contributed by atoms with van der Waals surface area (Å²) in [6.07, 6.45) is 1.66. The number of aryl methyl sites for hydroxylation is 1. The van der Waals surface area contributed by atoms with Gasteiger partial charge in [0, 0.05) is 16.5 Å². The minimum Gasteiger partial charge on any atom is -0.248 e. The molecular weight excluding hydrogens is 356 g/mol. The van der Waals surface area contributed by atoms with E-state index in [-0.39, 0.29) is 6.04 Å². The van der Waals surface area contributed by atoms with E-state index in [2.05, 4.69) is 25.6 Å². The number of thiophene rings is 1. The normalized spacial score (nSPS) is 13.7. The number of nitrogens with one attached hydrogen (secondary N) is 1. The highest BCUT2D eigenvalue weighted by molar-refractivity contribution is 9.11. The Labute approximate surface area is 122 Å². The molecule has 0 saturated heterocycles. The van der Waals surface area contributed by atoms with Gasteiger partial charge in [0.1, 0.15) is 5.01 Å². The number of nitrogens with zero attached hydrogens (tertiary/aromatic N) is 1. The van der Waals surface area contributed by atoms with Crippen LogP contribution in [0.1, 0.15) is 22.9 Å². The summed E-state index contributed by atoms with van der Waals surface area (Å²) < 4.78 is 27.9. The number of hydrogen-bond acceptors (Lipinski definition) is 5. The topological polar surface area (TPSA) is 59.1 Å². The van der Waals surface area contributed by atoms with Gasteiger partial charge in [-0.25, -0.2) is 18.1 Å². The minimum atomic E-state index is -3.50. The highest BCUT2D eigenvalue weighted by atomic mass is 79.9. The average molecular weight is 367 g/mol. The Morgan fingerprint density at radius 3 is 2.72 bits per heavy atom. The molecule has 0 aliphatic heterocycles. The lowest BCUT2D eigenvalue weighted by molar-refractivity contribution is 0.566. The highest BCUT2D eigenvalue weighted by Crippen LogP contribution is 2.30. The second-order valence-electron chi connectivity index (χ2n) is 3.68. The van der Waals surface area contributed by atoms with Gasteiger partial charge in [-0.05, 0) is 35.8 Å². The van der Waals surface area contributed by atoms with Gasteiger partial charge in [0.2, 0.25) is 10.0 Å². The zero-order valence-corrected chi connectivity index (χ0v) is 13.7. The van der Waals surface area contributed by atoms with Crippen molar-refractivity contribution in [2.24, 2.45) is 0 Å². The molecule has 2 aromatic rings. The first-order valence-corrected chi connectivity index (χ1v) is 9.05. The Morgan fingerprint density at radius 1 is 1.50 bits per heavy atom. The van der Waals surface area contributed by atoms with Crippen LogP contribution in [0, 0.1) is 6.92 Å². The van der Waals surface area contributed by atoms with Crippen LogP contribution < -0.4 is 4.72 Å². The first kappa shape index (κ1) is 14.1. The molecule has 2 aromatic heterocycles. The quantitative estimate of drug-likeness (QED) is 0.902. The summed E-state index contributed by atoms with van der Waals surface area (Å²) >= 11 is 6.13. The van der Waals surface area contributed by atoms with Crippen LogP contribution in [-0.2, 0) is 10.0 Å². The second-order valence-corrected chi connectivity index (χ2v) is 8.93. The fraction of sp³-hybridized carbons (Fsp3) is 0.300. The third-order valence-electron chi connectivity index (χ3n) is 2.29. The van der Waals surface area contributed by atoms with E-state index in [1.165, 1.54) is 22.7 Å². The Kier molecular flexibility index (Phi) is 4.22. The van der Waals surface area contributed by atoms with Crippen LogP contribution in [0.2, 0.25) is 0 Å². The van der Waals surface area contributed by atoms with Gasteiger partial charge >= 0.3 is 0 Å². The Hall–Kier alpha value is -0.280. The lowest BCUT2D eigenvalue weighted by Crippen LogP contribution is -2.26. The first-order chi connectivity index (χ1) is 8.40. The summed E-state index contributed by atoms with van der Waals surface area (Å²) in [6.45, 7) is 3.57. The van der Waals surface area contributed by atoms with Gasteiger partial charge < -0.3 is 0 Å². The maximum Gasteiger partial charge on any atom is 0.242 e. The zero-order valence-electron chi connectivity index (χ0n) is 9.68. The van der Waals surface area contributed by atoms with Gasteiger partial charge in [-0.1, -0.05) is 0 Å². The molecule has 98 valence electrons. The molecule has 0 aromatic carbocycles. The second kappa shape index (κ2) is 5.38. The molecule has 0 aliphatic carbocycles. The smallest absolute Gasteiger partial charge is 0.242 e. The Morgan fingerprint density at radius 2 is 2.22 bits per heavy atom.